The summed E-state index contributed by atoms with van der Waals surface area (Å²) in [6.07, 6.45) is 31.7. The molecule has 0 amide bonds. The molecule has 0 aliphatic rings. The van der Waals surface area contributed by atoms with Gasteiger partial charge in [-0.3, -0.25) is 0 Å². The van der Waals surface area contributed by atoms with Gasteiger partial charge in [0, 0.05) is 5.41 Å². The minimum atomic E-state index is -0.0261. The monoisotopic (exact) mass is 619 g/mol. The molecule has 4 aromatic rings. The van der Waals surface area contributed by atoms with Gasteiger partial charge in [0.05, 0.1) is 0 Å². The molecule has 3 aromatic carbocycles. The maximum Gasteiger partial charge on any atom is 0.244 e. The van der Waals surface area contributed by atoms with Gasteiger partial charge in [0.1, 0.15) is 25.0 Å². The lowest BCUT2D eigenvalue weighted by atomic mass is 9.70. The van der Waals surface area contributed by atoms with Crippen LogP contribution in [0, 0.1) is 0 Å². The van der Waals surface area contributed by atoms with Gasteiger partial charge in [-0.15, -0.1) is 0 Å². The summed E-state index contributed by atoms with van der Waals surface area (Å²) < 4.78 is 4.88. The van der Waals surface area contributed by atoms with Crippen molar-refractivity contribution in [2.45, 2.75) is 147 Å². The van der Waals surface area contributed by atoms with Crippen molar-refractivity contribution in [3.8, 4) is 0 Å². The number of hydrogen-bond donors (Lipinski definition) is 0. The smallest absolute Gasteiger partial charge is 0.233 e. The lowest BCUT2D eigenvalue weighted by Gasteiger charge is -2.37. The first-order chi connectivity index (χ1) is 22.7. The molecule has 0 radical (unpaired) electrons. The third-order valence-electron chi connectivity index (χ3n) is 10.2. The number of imidazole rings is 1. The Morgan fingerprint density at radius 1 is 0.565 bits per heavy atom. The fourth-order valence-corrected chi connectivity index (χ4v) is 7.42. The predicted molar refractivity (Wildman–Crippen MR) is 197 cm³/mol. The summed E-state index contributed by atoms with van der Waals surface area (Å²) in [5.74, 6) is 0. The van der Waals surface area contributed by atoms with Crippen LogP contribution in [0.1, 0.15) is 146 Å². The Balaban J connectivity index is 1.31. The van der Waals surface area contributed by atoms with E-state index in [1.54, 1.807) is 0 Å². The van der Waals surface area contributed by atoms with Gasteiger partial charge in [0.25, 0.3) is 0 Å². The SMILES string of the molecule is CCCCCCCCCCCCCCCCCCC(n1cc[n+](Cc2ccccc2)c1)C(C)(Cc1ccccc1)c1ccccc1. The molecule has 4 rings (SSSR count). The molecule has 0 aliphatic carbocycles. The molecule has 0 aliphatic heterocycles. The van der Waals surface area contributed by atoms with E-state index in [0.717, 1.165) is 13.0 Å². The standard InChI is InChI=1S/C44H63N2/c1-3-4-5-6-7-8-9-10-11-12-13-14-15-16-17-27-34-43(46-36-35-45(39-46)38-41-30-23-19-24-31-41)44(2,42-32-25-20-26-33-42)37-40-28-21-18-22-29-40/h18-26,28-33,35-36,39,43H,3-17,27,34,37-38H2,1-2H3/q+1. The quantitative estimate of drug-likeness (QED) is 0.0545. The van der Waals surface area contributed by atoms with Gasteiger partial charge in [-0.2, -0.15) is 0 Å². The minimum Gasteiger partial charge on any atom is -0.233 e. The number of rotatable bonds is 24. The molecule has 1 aromatic heterocycles. The summed E-state index contributed by atoms with van der Waals surface area (Å²) in [5, 5.41) is 0. The van der Waals surface area contributed by atoms with E-state index in [1.165, 1.54) is 126 Å². The molecular formula is C44H63N2+. The number of benzene rings is 3. The highest BCUT2D eigenvalue weighted by Gasteiger charge is 2.40. The molecule has 0 saturated carbocycles. The van der Waals surface area contributed by atoms with Crippen LogP contribution in [0.4, 0.5) is 0 Å². The second kappa shape index (κ2) is 20.9. The fourth-order valence-electron chi connectivity index (χ4n) is 7.42. The Morgan fingerprint density at radius 2 is 1.02 bits per heavy atom. The number of hydrogen-bond acceptors (Lipinski definition) is 0. The molecule has 0 bridgehead atoms. The summed E-state index contributed by atoms with van der Waals surface area (Å²) >= 11 is 0. The first-order valence-corrected chi connectivity index (χ1v) is 18.9. The van der Waals surface area contributed by atoms with Crippen LogP contribution in [-0.2, 0) is 18.4 Å². The molecule has 0 fully saturated rings. The van der Waals surface area contributed by atoms with Crippen LogP contribution in [0.3, 0.4) is 0 Å². The van der Waals surface area contributed by atoms with Crippen LogP contribution in [0.25, 0.3) is 0 Å². The summed E-state index contributed by atoms with van der Waals surface area (Å²) in [4.78, 5) is 0. The molecule has 2 atom stereocenters. The van der Waals surface area contributed by atoms with Crippen molar-refractivity contribution in [2.24, 2.45) is 0 Å². The van der Waals surface area contributed by atoms with Crippen molar-refractivity contribution < 1.29 is 4.57 Å². The summed E-state index contributed by atoms with van der Waals surface area (Å²) in [5.41, 5.74) is 4.16. The van der Waals surface area contributed by atoms with Crippen molar-refractivity contribution in [1.29, 1.82) is 0 Å². The molecule has 0 N–H and O–H groups in total. The van der Waals surface area contributed by atoms with Crippen LogP contribution in [-0.4, -0.2) is 4.57 Å². The molecule has 2 nitrogen and oxygen atoms in total. The highest BCUT2D eigenvalue weighted by atomic mass is 15.1. The summed E-state index contributed by atoms with van der Waals surface area (Å²) in [6.45, 7) is 5.71. The average Bonchev–Trinajstić information content (AvgIpc) is 3.55. The van der Waals surface area contributed by atoms with Gasteiger partial charge in [-0.05, 0) is 36.0 Å². The highest BCUT2D eigenvalue weighted by Crippen LogP contribution is 2.41. The van der Waals surface area contributed by atoms with Gasteiger partial charge < -0.3 is 0 Å². The van der Waals surface area contributed by atoms with E-state index in [0.29, 0.717) is 6.04 Å². The normalized spacial score (nSPS) is 13.4. The number of unbranched alkanes of at least 4 members (excludes halogenated alkanes) is 15. The van der Waals surface area contributed by atoms with Crippen LogP contribution >= 0.6 is 0 Å². The third-order valence-corrected chi connectivity index (χ3v) is 10.2. The Hall–Kier alpha value is -3.13. The molecule has 0 saturated heterocycles. The number of aromatic nitrogens is 2. The average molecular weight is 620 g/mol. The molecule has 1 heterocycles. The van der Waals surface area contributed by atoms with Crippen molar-refractivity contribution in [3.63, 3.8) is 0 Å². The zero-order chi connectivity index (χ0) is 32.1. The number of nitrogens with zero attached hydrogens (tertiary/aromatic N) is 2. The topological polar surface area (TPSA) is 8.81 Å². The van der Waals surface area contributed by atoms with Gasteiger partial charge >= 0.3 is 0 Å². The van der Waals surface area contributed by atoms with Crippen LogP contribution in [0.2, 0.25) is 0 Å². The Bertz CT molecular complexity index is 1300. The Kier molecular flexibility index (Phi) is 16.2. The molecule has 248 valence electrons. The fraction of sp³-hybridized carbons (Fsp3) is 0.523. The van der Waals surface area contributed by atoms with Gasteiger partial charge in [-0.25, -0.2) is 9.13 Å². The van der Waals surface area contributed by atoms with E-state index in [9.17, 15) is 0 Å². The van der Waals surface area contributed by atoms with Crippen molar-refractivity contribution in [2.75, 3.05) is 0 Å². The summed E-state index contributed by atoms with van der Waals surface area (Å²) in [7, 11) is 0. The molecular weight excluding hydrogens is 556 g/mol. The first-order valence-electron chi connectivity index (χ1n) is 18.9. The zero-order valence-electron chi connectivity index (χ0n) is 29.3. The van der Waals surface area contributed by atoms with Crippen LogP contribution in [0.15, 0.2) is 110 Å². The van der Waals surface area contributed by atoms with Gasteiger partial charge in [0.15, 0.2) is 0 Å². The van der Waals surface area contributed by atoms with Crippen LogP contribution < -0.4 is 4.57 Å². The van der Waals surface area contributed by atoms with Crippen LogP contribution in [0.5, 0.6) is 0 Å². The van der Waals surface area contributed by atoms with E-state index in [2.05, 4.69) is 133 Å². The van der Waals surface area contributed by atoms with Gasteiger partial charge in [0.2, 0.25) is 6.33 Å². The Labute approximate surface area is 282 Å². The van der Waals surface area contributed by atoms with Crippen molar-refractivity contribution >= 4 is 0 Å². The zero-order valence-corrected chi connectivity index (χ0v) is 29.3. The Morgan fingerprint density at radius 3 is 1.54 bits per heavy atom. The van der Waals surface area contributed by atoms with Gasteiger partial charge in [-0.1, -0.05) is 201 Å². The second-order valence-corrected chi connectivity index (χ2v) is 14.1. The molecule has 0 spiro atoms. The third kappa shape index (κ3) is 12.2. The van der Waals surface area contributed by atoms with E-state index in [1.807, 2.05) is 0 Å². The molecule has 2 heteroatoms. The lowest BCUT2D eigenvalue weighted by molar-refractivity contribution is -0.688. The first kappa shape index (κ1) is 35.7. The lowest BCUT2D eigenvalue weighted by Crippen LogP contribution is -2.38. The second-order valence-electron chi connectivity index (χ2n) is 14.1. The minimum absolute atomic E-state index is 0.0261. The van der Waals surface area contributed by atoms with Crippen molar-refractivity contribution in [3.05, 3.63) is 126 Å². The largest absolute Gasteiger partial charge is 0.244 e. The van der Waals surface area contributed by atoms with E-state index >= 15 is 0 Å². The molecule has 2 unspecified atom stereocenters. The van der Waals surface area contributed by atoms with E-state index < -0.39 is 0 Å². The maximum atomic E-state index is 2.53. The van der Waals surface area contributed by atoms with Crippen molar-refractivity contribution in [1.82, 2.24) is 4.57 Å². The van der Waals surface area contributed by atoms with E-state index in [-0.39, 0.29) is 5.41 Å². The molecule has 46 heavy (non-hydrogen) atoms. The highest BCUT2D eigenvalue weighted by molar-refractivity contribution is 5.31. The summed E-state index contributed by atoms with van der Waals surface area (Å²) in [6, 6.07) is 33.6. The van der Waals surface area contributed by atoms with E-state index in [4.69, 9.17) is 0 Å². The maximum absolute atomic E-state index is 2.53. The predicted octanol–water partition coefficient (Wildman–Crippen LogP) is 12.2.